The number of rotatable bonds is 9. The summed E-state index contributed by atoms with van der Waals surface area (Å²) in [5, 5.41) is 14.3. The highest BCUT2D eigenvalue weighted by Crippen LogP contribution is 2.23. The third-order valence-electron chi connectivity index (χ3n) is 3.92. The maximum absolute atomic E-state index is 12.6. The van der Waals surface area contributed by atoms with Gasteiger partial charge in [-0.15, -0.1) is 13.2 Å². The van der Waals surface area contributed by atoms with Gasteiger partial charge in [-0.2, -0.15) is 0 Å². The monoisotopic (exact) mass is 406 g/mol. The molecule has 5 N–H and O–H groups in total. The minimum atomic E-state index is -4.76. The lowest BCUT2D eigenvalue weighted by molar-refractivity contribution is -0.274. The average molecular weight is 406 g/mol. The van der Waals surface area contributed by atoms with Crippen LogP contribution in [0.3, 0.4) is 0 Å². The van der Waals surface area contributed by atoms with Crippen molar-refractivity contribution in [2.24, 2.45) is 11.1 Å². The van der Waals surface area contributed by atoms with E-state index in [0.29, 0.717) is 5.56 Å². The molecule has 0 radical (unpaired) electrons. The summed E-state index contributed by atoms with van der Waals surface area (Å²) in [6.07, 6.45) is -5.64. The molecule has 1 rings (SSSR count). The van der Waals surface area contributed by atoms with E-state index in [4.69, 9.17) is 5.73 Å². The maximum atomic E-state index is 12.6. The minimum absolute atomic E-state index is 0.000538. The topological polar surface area (TPSA) is 99.9 Å². The van der Waals surface area contributed by atoms with Crippen LogP contribution < -0.4 is 21.2 Å². The van der Waals surface area contributed by atoms with Gasteiger partial charge in [0.15, 0.2) is 0 Å². The van der Waals surface area contributed by atoms with Crippen molar-refractivity contribution in [3.63, 3.8) is 0 Å². The number of hydrogen-bond donors (Lipinski definition) is 4. The molecule has 0 bridgehead atoms. The van der Waals surface area contributed by atoms with Crippen molar-refractivity contribution in [3.8, 4) is 5.75 Å². The summed E-state index contributed by atoms with van der Waals surface area (Å²) < 4.78 is 40.6. The zero-order chi connectivity index (χ0) is 21.5. The summed E-state index contributed by atoms with van der Waals surface area (Å²) in [4.78, 5) is 12.6. The smallest absolute Gasteiger partial charge is 0.406 e. The normalized spacial score (nSPS) is 14.6. The molecular weight excluding hydrogens is 377 g/mol. The highest BCUT2D eigenvalue weighted by molar-refractivity contribution is 5.82. The second-order valence-electron chi connectivity index (χ2n) is 7.53. The third kappa shape index (κ3) is 8.42. The van der Waals surface area contributed by atoms with Crippen molar-refractivity contribution >= 4 is 5.91 Å². The van der Waals surface area contributed by atoms with Crippen LogP contribution in [0.2, 0.25) is 0 Å². The number of alkyl halides is 3. The van der Waals surface area contributed by atoms with Gasteiger partial charge < -0.3 is 20.9 Å². The molecule has 0 aliphatic rings. The molecule has 0 aliphatic heterocycles. The molecule has 0 saturated carbocycles. The molecule has 0 aliphatic carbocycles. The number of carbonyl (C=O) groups excluding carboxylic acids is 1. The molecule has 10 heteroatoms. The van der Waals surface area contributed by atoms with Crippen LogP contribution in [0.1, 0.15) is 26.3 Å². The van der Waals surface area contributed by atoms with Crippen LogP contribution >= 0.6 is 0 Å². The Bertz CT molecular complexity index is 618. The Morgan fingerprint density at radius 2 is 1.82 bits per heavy atom. The SMILES string of the molecule is CNC(C(=O)NN(Cc1ccc(OC(F)(F)F)cc1)CC(O)CN)C(C)(C)C. The number of amides is 1. The number of carbonyl (C=O) groups is 1. The summed E-state index contributed by atoms with van der Waals surface area (Å²) in [6.45, 7) is 5.95. The predicted octanol–water partition coefficient (Wildman–Crippen LogP) is 1.37. The molecule has 2 atom stereocenters. The first-order valence-electron chi connectivity index (χ1n) is 8.81. The molecule has 0 spiro atoms. The first-order valence-corrected chi connectivity index (χ1v) is 8.81. The summed E-state index contributed by atoms with van der Waals surface area (Å²) >= 11 is 0. The fourth-order valence-corrected chi connectivity index (χ4v) is 2.67. The van der Waals surface area contributed by atoms with Crippen molar-refractivity contribution in [2.45, 2.75) is 45.8 Å². The van der Waals surface area contributed by atoms with Crippen LogP contribution in [0.15, 0.2) is 24.3 Å². The van der Waals surface area contributed by atoms with Gasteiger partial charge in [-0.25, -0.2) is 5.01 Å². The quantitative estimate of drug-likeness (QED) is 0.463. The number of nitrogens with one attached hydrogen (secondary N) is 2. The molecule has 160 valence electrons. The fraction of sp³-hybridized carbons (Fsp3) is 0.611. The number of nitrogens with two attached hydrogens (primary N) is 1. The van der Waals surface area contributed by atoms with Gasteiger partial charge >= 0.3 is 6.36 Å². The van der Waals surface area contributed by atoms with Crippen molar-refractivity contribution in [1.82, 2.24) is 15.8 Å². The highest BCUT2D eigenvalue weighted by Gasteiger charge is 2.32. The molecular formula is C18H29F3N4O3. The molecule has 1 amide bonds. The predicted molar refractivity (Wildman–Crippen MR) is 99.0 cm³/mol. The van der Waals surface area contributed by atoms with E-state index in [-0.39, 0.29) is 36.7 Å². The van der Waals surface area contributed by atoms with Crippen LogP contribution in [0, 0.1) is 5.41 Å². The molecule has 28 heavy (non-hydrogen) atoms. The zero-order valence-electron chi connectivity index (χ0n) is 16.5. The van der Waals surface area contributed by atoms with E-state index in [0.717, 1.165) is 0 Å². The van der Waals surface area contributed by atoms with Gasteiger partial charge in [0, 0.05) is 19.6 Å². The summed E-state index contributed by atoms with van der Waals surface area (Å²) in [5.74, 6) is -0.631. The number of benzene rings is 1. The van der Waals surface area contributed by atoms with E-state index >= 15 is 0 Å². The van der Waals surface area contributed by atoms with Crippen molar-refractivity contribution in [1.29, 1.82) is 0 Å². The number of halogens is 3. The van der Waals surface area contributed by atoms with Crippen molar-refractivity contribution < 1.29 is 27.8 Å². The molecule has 0 aromatic heterocycles. The molecule has 0 saturated heterocycles. The summed E-state index contributed by atoms with van der Waals surface area (Å²) in [7, 11) is 1.67. The fourth-order valence-electron chi connectivity index (χ4n) is 2.67. The minimum Gasteiger partial charge on any atom is -0.406 e. The lowest BCUT2D eigenvalue weighted by atomic mass is 9.86. The zero-order valence-corrected chi connectivity index (χ0v) is 16.5. The molecule has 2 unspecified atom stereocenters. The van der Waals surface area contributed by atoms with Crippen LogP contribution in [0.25, 0.3) is 0 Å². The van der Waals surface area contributed by atoms with Crippen LogP contribution in [0.4, 0.5) is 13.2 Å². The Balaban J connectivity index is 2.88. The van der Waals surface area contributed by atoms with Gasteiger partial charge in [0.2, 0.25) is 0 Å². The van der Waals surface area contributed by atoms with E-state index in [1.165, 1.54) is 29.3 Å². The standard InChI is InChI=1S/C18H29F3N4O3/c1-17(2,3)15(23-4)16(27)24-25(11-13(26)9-22)10-12-5-7-14(8-6-12)28-18(19,20)21/h5-8,13,15,23,26H,9-11,22H2,1-4H3,(H,24,27). The number of nitrogens with zero attached hydrogens (tertiary/aromatic N) is 1. The lowest BCUT2D eigenvalue weighted by Gasteiger charge is -2.32. The van der Waals surface area contributed by atoms with Gasteiger partial charge in [0.1, 0.15) is 5.75 Å². The van der Waals surface area contributed by atoms with Crippen LogP contribution in [0.5, 0.6) is 5.75 Å². The Hall–Kier alpha value is -1.88. The van der Waals surface area contributed by atoms with Gasteiger partial charge in [-0.3, -0.25) is 10.2 Å². The molecule has 1 aromatic rings. The molecule has 1 aromatic carbocycles. The summed E-state index contributed by atoms with van der Waals surface area (Å²) in [5.41, 5.74) is 8.47. The largest absolute Gasteiger partial charge is 0.573 e. The van der Waals surface area contributed by atoms with Crippen LogP contribution in [-0.2, 0) is 11.3 Å². The van der Waals surface area contributed by atoms with E-state index in [9.17, 15) is 23.1 Å². The van der Waals surface area contributed by atoms with E-state index in [1.54, 1.807) is 7.05 Å². The Morgan fingerprint density at radius 3 is 2.25 bits per heavy atom. The van der Waals surface area contributed by atoms with Gasteiger partial charge in [0.25, 0.3) is 5.91 Å². The Morgan fingerprint density at radius 1 is 1.25 bits per heavy atom. The van der Waals surface area contributed by atoms with Crippen molar-refractivity contribution in [3.05, 3.63) is 29.8 Å². The van der Waals surface area contributed by atoms with Crippen LogP contribution in [-0.4, -0.2) is 54.7 Å². The van der Waals surface area contributed by atoms with Gasteiger partial charge in [-0.05, 0) is 30.2 Å². The third-order valence-corrected chi connectivity index (χ3v) is 3.92. The van der Waals surface area contributed by atoms with Gasteiger partial charge in [0.05, 0.1) is 12.1 Å². The van der Waals surface area contributed by atoms with E-state index in [1.807, 2.05) is 20.8 Å². The number of hydrogen-bond acceptors (Lipinski definition) is 6. The summed E-state index contributed by atoms with van der Waals surface area (Å²) in [6, 6.07) is 4.79. The molecule has 7 nitrogen and oxygen atoms in total. The number of aliphatic hydroxyl groups excluding tert-OH is 1. The molecule has 0 heterocycles. The Kier molecular flexibility index (Phi) is 8.68. The highest BCUT2D eigenvalue weighted by atomic mass is 19.4. The first-order chi connectivity index (χ1) is 12.9. The number of ether oxygens (including phenoxy) is 1. The lowest BCUT2D eigenvalue weighted by Crippen LogP contribution is -2.56. The van der Waals surface area contributed by atoms with Crippen molar-refractivity contribution in [2.75, 3.05) is 20.1 Å². The number of hydrazine groups is 1. The first kappa shape index (κ1) is 24.2. The van der Waals surface area contributed by atoms with E-state index in [2.05, 4.69) is 15.5 Å². The van der Waals surface area contributed by atoms with Gasteiger partial charge in [-0.1, -0.05) is 32.9 Å². The molecule has 0 fully saturated rings. The maximum Gasteiger partial charge on any atom is 0.573 e. The second-order valence-corrected chi connectivity index (χ2v) is 7.53. The number of likely N-dealkylation sites (N-methyl/N-ethyl adjacent to an activating group) is 1. The second kappa shape index (κ2) is 10.1. The average Bonchev–Trinajstić information content (AvgIpc) is 2.54. The van der Waals surface area contributed by atoms with E-state index < -0.39 is 18.5 Å². The number of aliphatic hydroxyl groups is 1. The Labute approximate surface area is 163 Å².